The summed E-state index contributed by atoms with van der Waals surface area (Å²) >= 11 is 0. The van der Waals surface area contributed by atoms with Crippen molar-refractivity contribution in [2.75, 3.05) is 6.54 Å². The summed E-state index contributed by atoms with van der Waals surface area (Å²) in [5, 5.41) is 3.69. The van der Waals surface area contributed by atoms with Crippen LogP contribution in [0.1, 0.15) is 125 Å². The number of hydrogen-bond donors (Lipinski definition) is 1. The van der Waals surface area contributed by atoms with Gasteiger partial charge in [0.05, 0.1) is 6.54 Å². The Morgan fingerprint density at radius 1 is 0.833 bits per heavy atom. The fourth-order valence-electron chi connectivity index (χ4n) is 5.83. The van der Waals surface area contributed by atoms with E-state index < -0.39 is 0 Å². The van der Waals surface area contributed by atoms with Crippen LogP contribution in [0, 0.1) is 5.92 Å². The van der Waals surface area contributed by atoms with E-state index in [2.05, 4.69) is 39.9 Å². The molecule has 0 aliphatic carbocycles. The minimum atomic E-state index is -0.0820. The van der Waals surface area contributed by atoms with E-state index in [0.717, 1.165) is 25.7 Å². The SMILES string of the molecule is CCCCCCCCCCCCC1CC(=O)CN(C2CC(C)(C)NC(C)(C)C2)C1=O. The third-order valence-corrected chi connectivity index (χ3v) is 6.97. The van der Waals surface area contributed by atoms with E-state index in [4.69, 9.17) is 0 Å². The molecule has 4 heteroatoms. The molecule has 1 atom stereocenters. The molecule has 2 aliphatic rings. The molecule has 2 rings (SSSR count). The number of nitrogens with zero attached hydrogens (tertiary/aromatic N) is 1. The number of unbranched alkanes of at least 4 members (excludes halogenated alkanes) is 9. The quantitative estimate of drug-likeness (QED) is 0.392. The number of piperidine rings is 2. The van der Waals surface area contributed by atoms with Crippen molar-refractivity contribution in [1.29, 1.82) is 0 Å². The number of carbonyl (C=O) groups is 2. The Morgan fingerprint density at radius 2 is 1.33 bits per heavy atom. The predicted molar refractivity (Wildman–Crippen MR) is 126 cm³/mol. The number of rotatable bonds is 12. The van der Waals surface area contributed by atoms with Gasteiger partial charge < -0.3 is 10.2 Å². The highest BCUT2D eigenvalue weighted by Crippen LogP contribution is 2.34. The van der Waals surface area contributed by atoms with Crippen LogP contribution in [0.15, 0.2) is 0 Å². The topological polar surface area (TPSA) is 49.4 Å². The van der Waals surface area contributed by atoms with Gasteiger partial charge in [0, 0.05) is 29.5 Å². The normalized spacial score (nSPS) is 24.4. The predicted octanol–water partition coefficient (Wildman–Crippen LogP) is 6.02. The summed E-state index contributed by atoms with van der Waals surface area (Å²) < 4.78 is 0. The van der Waals surface area contributed by atoms with Crippen molar-refractivity contribution in [2.45, 2.75) is 142 Å². The van der Waals surface area contributed by atoms with Crippen molar-refractivity contribution in [3.8, 4) is 0 Å². The van der Waals surface area contributed by atoms with Gasteiger partial charge in [-0.3, -0.25) is 9.59 Å². The lowest BCUT2D eigenvalue weighted by Crippen LogP contribution is -2.64. The number of likely N-dealkylation sites (tertiary alicyclic amines) is 1. The zero-order valence-electron chi connectivity index (χ0n) is 20.5. The van der Waals surface area contributed by atoms with Gasteiger partial charge >= 0.3 is 0 Å². The highest BCUT2D eigenvalue weighted by molar-refractivity contribution is 5.94. The third kappa shape index (κ3) is 8.32. The summed E-state index contributed by atoms with van der Waals surface area (Å²) in [6.07, 6.45) is 16.2. The van der Waals surface area contributed by atoms with Crippen molar-refractivity contribution < 1.29 is 9.59 Å². The Morgan fingerprint density at radius 3 is 1.87 bits per heavy atom. The molecular weight excluding hydrogens is 372 g/mol. The second-order valence-corrected chi connectivity index (χ2v) is 11.3. The molecule has 1 amide bonds. The molecule has 2 saturated heterocycles. The van der Waals surface area contributed by atoms with E-state index in [1.807, 2.05) is 4.90 Å². The molecule has 0 aromatic carbocycles. The first kappa shape index (κ1) is 25.4. The van der Waals surface area contributed by atoms with E-state index in [1.54, 1.807) is 0 Å². The van der Waals surface area contributed by atoms with Gasteiger partial charge in [-0.05, 0) is 47.0 Å². The van der Waals surface area contributed by atoms with E-state index in [-0.39, 0.29) is 34.7 Å². The average molecular weight is 421 g/mol. The first-order chi connectivity index (χ1) is 14.1. The fourth-order valence-corrected chi connectivity index (χ4v) is 5.83. The minimum absolute atomic E-state index is 0.0147. The molecule has 0 spiro atoms. The summed E-state index contributed by atoms with van der Waals surface area (Å²) in [6, 6.07) is 0.170. The van der Waals surface area contributed by atoms with Crippen LogP contribution in [0.5, 0.6) is 0 Å². The summed E-state index contributed by atoms with van der Waals surface area (Å²) in [7, 11) is 0. The number of carbonyl (C=O) groups excluding carboxylic acids is 2. The van der Waals surface area contributed by atoms with Gasteiger partial charge in [-0.1, -0.05) is 71.1 Å². The second kappa shape index (κ2) is 11.6. The first-order valence-corrected chi connectivity index (χ1v) is 12.7. The maximum absolute atomic E-state index is 13.2. The standard InChI is InChI=1S/C26H48N2O2/c1-6-7-8-9-10-11-12-13-14-15-16-21-17-23(29)20-28(24(21)30)22-18-25(2,3)27-26(4,5)19-22/h21-22,27H,6-20H2,1-5H3. The van der Waals surface area contributed by atoms with Crippen molar-refractivity contribution in [1.82, 2.24) is 10.2 Å². The van der Waals surface area contributed by atoms with Crippen LogP contribution in [-0.4, -0.2) is 40.3 Å². The van der Waals surface area contributed by atoms with Crippen molar-refractivity contribution in [3.63, 3.8) is 0 Å². The van der Waals surface area contributed by atoms with E-state index in [0.29, 0.717) is 13.0 Å². The molecule has 2 fully saturated rings. The van der Waals surface area contributed by atoms with Crippen molar-refractivity contribution in [2.24, 2.45) is 5.92 Å². The van der Waals surface area contributed by atoms with Crippen LogP contribution in [-0.2, 0) is 9.59 Å². The van der Waals surface area contributed by atoms with Gasteiger partial charge in [-0.2, -0.15) is 0 Å². The Hall–Kier alpha value is -0.900. The molecule has 2 heterocycles. The molecule has 2 aliphatic heterocycles. The zero-order chi connectivity index (χ0) is 22.2. The van der Waals surface area contributed by atoms with Crippen LogP contribution in [0.2, 0.25) is 0 Å². The van der Waals surface area contributed by atoms with Crippen molar-refractivity contribution in [3.05, 3.63) is 0 Å². The molecule has 0 bridgehead atoms. The minimum Gasteiger partial charge on any atom is -0.332 e. The number of hydrogen-bond acceptors (Lipinski definition) is 3. The van der Waals surface area contributed by atoms with Crippen LogP contribution >= 0.6 is 0 Å². The number of Topliss-reactive ketones (excluding diaryl/α,β-unsaturated/α-hetero) is 1. The van der Waals surface area contributed by atoms with Crippen LogP contribution < -0.4 is 5.32 Å². The van der Waals surface area contributed by atoms with Crippen LogP contribution in [0.25, 0.3) is 0 Å². The largest absolute Gasteiger partial charge is 0.332 e. The fraction of sp³-hybridized carbons (Fsp3) is 0.923. The zero-order valence-corrected chi connectivity index (χ0v) is 20.5. The van der Waals surface area contributed by atoms with E-state index in [9.17, 15) is 9.59 Å². The van der Waals surface area contributed by atoms with Gasteiger partial charge in [0.15, 0.2) is 5.78 Å². The highest BCUT2D eigenvalue weighted by Gasteiger charge is 2.44. The molecule has 30 heavy (non-hydrogen) atoms. The summed E-state index contributed by atoms with van der Waals surface area (Å²) in [5.41, 5.74) is -0.0293. The number of nitrogens with one attached hydrogen (secondary N) is 1. The van der Waals surface area contributed by atoms with Crippen LogP contribution in [0.4, 0.5) is 0 Å². The summed E-state index contributed by atoms with van der Waals surface area (Å²) in [6.45, 7) is 11.4. The first-order valence-electron chi connectivity index (χ1n) is 12.7. The van der Waals surface area contributed by atoms with Gasteiger partial charge in [0.2, 0.25) is 5.91 Å². The van der Waals surface area contributed by atoms with E-state index in [1.165, 1.54) is 57.8 Å². The smallest absolute Gasteiger partial charge is 0.226 e. The summed E-state index contributed by atoms with van der Waals surface area (Å²) in [4.78, 5) is 27.6. The maximum atomic E-state index is 13.2. The molecule has 0 aromatic heterocycles. The Kier molecular flexibility index (Phi) is 9.84. The number of amides is 1. The Bertz CT molecular complexity index is 539. The number of ketones is 1. The van der Waals surface area contributed by atoms with Gasteiger partial charge in [0.25, 0.3) is 0 Å². The highest BCUT2D eigenvalue weighted by atomic mass is 16.2. The Labute approximate surface area is 185 Å². The Balaban J connectivity index is 1.74. The lowest BCUT2D eigenvalue weighted by molar-refractivity contribution is -0.149. The third-order valence-electron chi connectivity index (χ3n) is 6.97. The summed E-state index contributed by atoms with van der Waals surface area (Å²) in [5.74, 6) is 0.409. The van der Waals surface area contributed by atoms with Gasteiger partial charge in [-0.15, -0.1) is 0 Å². The van der Waals surface area contributed by atoms with Crippen LogP contribution in [0.3, 0.4) is 0 Å². The molecule has 4 nitrogen and oxygen atoms in total. The molecular formula is C26H48N2O2. The maximum Gasteiger partial charge on any atom is 0.226 e. The molecule has 1 unspecified atom stereocenters. The van der Waals surface area contributed by atoms with Gasteiger partial charge in [-0.25, -0.2) is 0 Å². The molecule has 0 aromatic rings. The average Bonchev–Trinajstić information content (AvgIpc) is 2.63. The molecule has 0 saturated carbocycles. The lowest BCUT2D eigenvalue weighted by Gasteiger charge is -2.50. The monoisotopic (exact) mass is 420 g/mol. The van der Waals surface area contributed by atoms with Gasteiger partial charge in [0.1, 0.15) is 0 Å². The van der Waals surface area contributed by atoms with Crippen molar-refractivity contribution >= 4 is 11.7 Å². The second-order valence-electron chi connectivity index (χ2n) is 11.3. The molecule has 174 valence electrons. The lowest BCUT2D eigenvalue weighted by atomic mass is 9.77. The molecule has 0 radical (unpaired) electrons. The van der Waals surface area contributed by atoms with E-state index >= 15 is 0 Å². The molecule has 1 N–H and O–H groups in total.